The fraction of sp³-hybridized carbons (Fsp3) is 0.962. The molecule has 0 amide bonds. The largest absolute Gasteiger partial charge is 0.377 e. The standard InChI is InChI=1S/C26H47NO/c1-3-5-7-8-10-12-24-17-19-26(21-27,20-18-24)22-28-25-15-13-23(14-16-25)11-9-6-4-2/h23-25H,3-20,22H2,1-2H3/t23-,24-,25-,26+. The Kier molecular flexibility index (Phi) is 11.6. The maximum Gasteiger partial charge on any atom is 0.0807 e. The second kappa shape index (κ2) is 13.6. The highest BCUT2D eigenvalue weighted by atomic mass is 16.5. The normalized spacial score (nSPS) is 30.8. The summed E-state index contributed by atoms with van der Waals surface area (Å²) in [5.41, 5.74) is -0.184. The van der Waals surface area contributed by atoms with Crippen molar-refractivity contribution < 1.29 is 4.74 Å². The molecule has 0 aromatic heterocycles. The Morgan fingerprint density at radius 2 is 1.29 bits per heavy atom. The topological polar surface area (TPSA) is 33.0 Å². The Morgan fingerprint density at radius 1 is 0.750 bits per heavy atom. The summed E-state index contributed by atoms with van der Waals surface area (Å²) < 4.78 is 6.33. The summed E-state index contributed by atoms with van der Waals surface area (Å²) in [4.78, 5) is 0. The third kappa shape index (κ3) is 8.44. The lowest BCUT2D eigenvalue weighted by atomic mass is 9.70. The van der Waals surface area contributed by atoms with E-state index in [4.69, 9.17) is 4.74 Å². The van der Waals surface area contributed by atoms with E-state index < -0.39 is 0 Å². The fourth-order valence-corrected chi connectivity index (χ4v) is 5.39. The van der Waals surface area contributed by atoms with E-state index in [-0.39, 0.29) is 5.41 Å². The first kappa shape index (κ1) is 23.7. The minimum absolute atomic E-state index is 0.184. The fourth-order valence-electron chi connectivity index (χ4n) is 5.39. The maximum atomic E-state index is 9.86. The van der Waals surface area contributed by atoms with E-state index in [0.717, 1.165) is 24.7 Å². The minimum atomic E-state index is -0.184. The molecule has 2 aliphatic rings. The smallest absolute Gasteiger partial charge is 0.0807 e. The summed E-state index contributed by atoms with van der Waals surface area (Å²) in [7, 11) is 0. The molecule has 0 heterocycles. The Labute approximate surface area is 175 Å². The van der Waals surface area contributed by atoms with Crippen molar-refractivity contribution in [1.29, 1.82) is 5.26 Å². The van der Waals surface area contributed by atoms with Crippen molar-refractivity contribution in [3.63, 3.8) is 0 Å². The van der Waals surface area contributed by atoms with Crippen molar-refractivity contribution in [3.05, 3.63) is 0 Å². The highest BCUT2D eigenvalue weighted by molar-refractivity contribution is 5.02. The number of unbranched alkanes of at least 4 members (excludes halogenated alkanes) is 6. The first-order valence-electron chi connectivity index (χ1n) is 12.7. The number of hydrogen-bond donors (Lipinski definition) is 0. The van der Waals surface area contributed by atoms with Crippen LogP contribution in [0.5, 0.6) is 0 Å². The molecule has 0 atom stereocenters. The molecule has 0 bridgehead atoms. The van der Waals surface area contributed by atoms with Gasteiger partial charge in [0.15, 0.2) is 0 Å². The third-order valence-electron chi connectivity index (χ3n) is 7.62. The van der Waals surface area contributed by atoms with Crippen LogP contribution in [0, 0.1) is 28.6 Å². The number of nitriles is 1. The van der Waals surface area contributed by atoms with Crippen LogP contribution in [-0.2, 0) is 4.74 Å². The van der Waals surface area contributed by atoms with Gasteiger partial charge in [-0.15, -0.1) is 0 Å². The van der Waals surface area contributed by atoms with Gasteiger partial charge in [-0.25, -0.2) is 0 Å². The predicted molar refractivity (Wildman–Crippen MR) is 119 cm³/mol. The van der Waals surface area contributed by atoms with Crippen molar-refractivity contribution >= 4 is 0 Å². The predicted octanol–water partition coefficient (Wildman–Crippen LogP) is 8.20. The van der Waals surface area contributed by atoms with Gasteiger partial charge in [0.1, 0.15) is 0 Å². The molecule has 2 saturated carbocycles. The van der Waals surface area contributed by atoms with Gasteiger partial charge >= 0.3 is 0 Å². The molecule has 2 nitrogen and oxygen atoms in total. The average molecular weight is 390 g/mol. The molecule has 28 heavy (non-hydrogen) atoms. The molecule has 2 aliphatic carbocycles. The van der Waals surface area contributed by atoms with Gasteiger partial charge in [-0.2, -0.15) is 5.26 Å². The zero-order valence-electron chi connectivity index (χ0n) is 19.0. The number of ether oxygens (including phenoxy) is 1. The average Bonchev–Trinajstić information content (AvgIpc) is 2.74. The lowest BCUT2D eigenvalue weighted by Gasteiger charge is -2.37. The number of hydrogen-bond acceptors (Lipinski definition) is 2. The second-order valence-corrected chi connectivity index (χ2v) is 9.99. The zero-order valence-corrected chi connectivity index (χ0v) is 19.0. The van der Waals surface area contributed by atoms with Crippen LogP contribution in [0.15, 0.2) is 0 Å². The molecule has 0 aromatic carbocycles. The van der Waals surface area contributed by atoms with E-state index in [1.54, 1.807) is 0 Å². The third-order valence-corrected chi connectivity index (χ3v) is 7.62. The molecule has 2 rings (SSSR count). The van der Waals surface area contributed by atoms with Gasteiger partial charge < -0.3 is 4.74 Å². The van der Waals surface area contributed by atoms with E-state index in [0.29, 0.717) is 12.7 Å². The SMILES string of the molecule is CCCCCCC[C@H]1CC[C@@](C#N)(CO[C@H]2CC[C@H](CCCCC)CC2)CC1. The van der Waals surface area contributed by atoms with Crippen LogP contribution in [0.1, 0.15) is 129 Å². The van der Waals surface area contributed by atoms with Crippen molar-refractivity contribution in [1.82, 2.24) is 0 Å². The summed E-state index contributed by atoms with van der Waals surface area (Å²) in [5, 5.41) is 9.86. The molecule has 2 fully saturated rings. The Morgan fingerprint density at radius 3 is 1.89 bits per heavy atom. The van der Waals surface area contributed by atoms with Crippen molar-refractivity contribution in [2.24, 2.45) is 17.3 Å². The molecular weight excluding hydrogens is 342 g/mol. The minimum Gasteiger partial charge on any atom is -0.377 e. The van der Waals surface area contributed by atoms with Crippen molar-refractivity contribution in [3.8, 4) is 6.07 Å². The quantitative estimate of drug-likeness (QED) is 0.297. The summed E-state index contributed by atoms with van der Waals surface area (Å²) in [6.07, 6.45) is 24.0. The van der Waals surface area contributed by atoms with E-state index >= 15 is 0 Å². The van der Waals surface area contributed by atoms with Gasteiger partial charge in [-0.05, 0) is 63.2 Å². The Bertz CT molecular complexity index is 424. The molecule has 0 aliphatic heterocycles. The summed E-state index contributed by atoms with van der Waals surface area (Å²) in [6, 6.07) is 2.68. The van der Waals surface area contributed by atoms with Crippen LogP contribution in [-0.4, -0.2) is 12.7 Å². The highest BCUT2D eigenvalue weighted by Crippen LogP contribution is 2.41. The Hall–Kier alpha value is -0.550. The highest BCUT2D eigenvalue weighted by Gasteiger charge is 2.36. The van der Waals surface area contributed by atoms with Crippen molar-refractivity contribution in [2.45, 2.75) is 136 Å². The summed E-state index contributed by atoms with van der Waals surface area (Å²) >= 11 is 0. The lowest BCUT2D eigenvalue weighted by Crippen LogP contribution is -2.34. The van der Waals surface area contributed by atoms with Crippen LogP contribution in [0.25, 0.3) is 0 Å². The van der Waals surface area contributed by atoms with Crippen LogP contribution in [0.3, 0.4) is 0 Å². The molecule has 0 spiro atoms. The number of nitrogens with zero attached hydrogens (tertiary/aromatic N) is 1. The Balaban J connectivity index is 1.61. The summed E-state index contributed by atoms with van der Waals surface area (Å²) in [5.74, 6) is 1.80. The van der Waals surface area contributed by atoms with Crippen molar-refractivity contribution in [2.75, 3.05) is 6.61 Å². The molecule has 0 unspecified atom stereocenters. The molecule has 0 radical (unpaired) electrons. The molecule has 0 aromatic rings. The van der Waals surface area contributed by atoms with Gasteiger partial charge in [0.2, 0.25) is 0 Å². The van der Waals surface area contributed by atoms with E-state index in [1.165, 1.54) is 103 Å². The maximum absolute atomic E-state index is 9.86. The van der Waals surface area contributed by atoms with Crippen LogP contribution in [0.2, 0.25) is 0 Å². The monoisotopic (exact) mass is 389 g/mol. The first-order valence-corrected chi connectivity index (χ1v) is 12.7. The molecule has 2 heteroatoms. The zero-order chi connectivity index (χ0) is 20.1. The molecule has 0 N–H and O–H groups in total. The first-order chi connectivity index (χ1) is 13.7. The molecule has 162 valence electrons. The van der Waals surface area contributed by atoms with E-state index in [1.807, 2.05) is 0 Å². The molecular formula is C26H47NO. The number of rotatable bonds is 13. The lowest BCUT2D eigenvalue weighted by molar-refractivity contribution is -0.0300. The van der Waals surface area contributed by atoms with Crippen LogP contribution >= 0.6 is 0 Å². The van der Waals surface area contributed by atoms with Crippen LogP contribution in [0.4, 0.5) is 0 Å². The van der Waals surface area contributed by atoms with Crippen LogP contribution < -0.4 is 0 Å². The van der Waals surface area contributed by atoms with Gasteiger partial charge in [-0.1, -0.05) is 78.1 Å². The second-order valence-electron chi connectivity index (χ2n) is 9.99. The molecule has 0 saturated heterocycles. The van der Waals surface area contributed by atoms with Gasteiger partial charge in [0.05, 0.1) is 24.2 Å². The summed E-state index contributed by atoms with van der Waals surface area (Å²) in [6.45, 7) is 5.26. The van der Waals surface area contributed by atoms with E-state index in [9.17, 15) is 5.26 Å². The van der Waals surface area contributed by atoms with E-state index in [2.05, 4.69) is 19.9 Å². The van der Waals surface area contributed by atoms with Gasteiger partial charge in [0, 0.05) is 0 Å². The van der Waals surface area contributed by atoms with Gasteiger partial charge in [0.25, 0.3) is 0 Å². The van der Waals surface area contributed by atoms with Gasteiger partial charge in [-0.3, -0.25) is 0 Å².